The van der Waals surface area contributed by atoms with Crippen molar-refractivity contribution in [3.63, 3.8) is 0 Å². The van der Waals surface area contributed by atoms with Crippen molar-refractivity contribution in [3.05, 3.63) is 66.5 Å². The van der Waals surface area contributed by atoms with Crippen LogP contribution >= 0.6 is 0 Å². The van der Waals surface area contributed by atoms with E-state index in [0.717, 1.165) is 11.8 Å². The van der Waals surface area contributed by atoms with Crippen LogP contribution in [0.5, 0.6) is 5.75 Å². The summed E-state index contributed by atoms with van der Waals surface area (Å²) in [5, 5.41) is 5.17. The molecule has 0 bridgehead atoms. The van der Waals surface area contributed by atoms with Gasteiger partial charge in [-0.2, -0.15) is 0 Å². The van der Waals surface area contributed by atoms with Gasteiger partial charge in [0.1, 0.15) is 5.75 Å². The molecular weight excluding hydrogens is 489 g/mol. The minimum Gasteiger partial charge on any atom is -0.496 e. The number of benzene rings is 2. The van der Waals surface area contributed by atoms with E-state index in [0.29, 0.717) is 17.0 Å². The zero-order valence-corrected chi connectivity index (χ0v) is 23.9. The zero-order valence-electron chi connectivity index (χ0n) is 23.9. The number of nitrogens with zero attached hydrogens (tertiary/aromatic N) is 2. The van der Waals surface area contributed by atoms with Crippen LogP contribution in [0, 0.1) is 0 Å². The molecule has 0 saturated carbocycles. The molecule has 2 atom stereocenters. The van der Waals surface area contributed by atoms with Crippen LogP contribution in [-0.2, 0) is 21.2 Å². The summed E-state index contributed by atoms with van der Waals surface area (Å²) in [6.07, 6.45) is 4.98. The maximum absolute atomic E-state index is 13.7. The standard InChI is InChI=1S/C31H38BN3O4/c1-8-20(23-19-35(6)26-14-10-9-12-21(23)26)24(32-38-30(2,3)31(4,5)39-32)18-28(36)34-25-15-16-27(37-7)22-13-11-17-33-29(22)25/h9-17,19-20,24H,8,18H2,1-7H3,(H,34,36)/t20-,24+/m0/s1. The highest BCUT2D eigenvalue weighted by atomic mass is 16.7. The predicted molar refractivity (Wildman–Crippen MR) is 157 cm³/mol. The number of nitrogens with one attached hydrogen (secondary N) is 1. The summed E-state index contributed by atoms with van der Waals surface area (Å²) < 4.78 is 20.8. The van der Waals surface area contributed by atoms with Crippen molar-refractivity contribution in [2.45, 2.75) is 70.4 Å². The van der Waals surface area contributed by atoms with Gasteiger partial charge in [0.2, 0.25) is 5.91 Å². The van der Waals surface area contributed by atoms with E-state index in [1.165, 1.54) is 16.5 Å². The van der Waals surface area contributed by atoms with Crippen LogP contribution < -0.4 is 10.1 Å². The van der Waals surface area contributed by atoms with Crippen molar-refractivity contribution in [1.82, 2.24) is 9.55 Å². The van der Waals surface area contributed by atoms with E-state index in [1.807, 2.05) is 24.3 Å². The van der Waals surface area contributed by atoms with Gasteiger partial charge >= 0.3 is 7.12 Å². The monoisotopic (exact) mass is 527 g/mol. The lowest BCUT2D eigenvalue weighted by Gasteiger charge is -2.32. The molecule has 0 radical (unpaired) electrons. The number of pyridine rings is 1. The second kappa shape index (κ2) is 10.3. The molecule has 0 unspecified atom stereocenters. The number of hydrogen-bond acceptors (Lipinski definition) is 5. The van der Waals surface area contributed by atoms with Gasteiger partial charge < -0.3 is 23.9 Å². The Labute approximate surface area is 231 Å². The highest BCUT2D eigenvalue weighted by Gasteiger charge is 2.55. The van der Waals surface area contributed by atoms with Gasteiger partial charge in [-0.25, -0.2) is 0 Å². The number of para-hydroxylation sites is 1. The van der Waals surface area contributed by atoms with Crippen molar-refractivity contribution in [2.75, 3.05) is 12.4 Å². The van der Waals surface area contributed by atoms with Gasteiger partial charge in [-0.15, -0.1) is 0 Å². The summed E-state index contributed by atoms with van der Waals surface area (Å²) in [5.41, 5.74) is 2.72. The maximum Gasteiger partial charge on any atom is 0.462 e. The number of aryl methyl sites for hydroxylation is 1. The first-order valence-electron chi connectivity index (χ1n) is 13.7. The van der Waals surface area contributed by atoms with Crippen molar-refractivity contribution in [1.29, 1.82) is 0 Å². The van der Waals surface area contributed by atoms with E-state index in [9.17, 15) is 4.79 Å². The third-order valence-corrected chi connectivity index (χ3v) is 8.55. The molecular formula is C31H38BN3O4. The van der Waals surface area contributed by atoms with Crippen LogP contribution in [0.15, 0.2) is 60.9 Å². The van der Waals surface area contributed by atoms with E-state index >= 15 is 0 Å². The molecule has 2 aromatic carbocycles. The first-order valence-corrected chi connectivity index (χ1v) is 13.7. The highest BCUT2D eigenvalue weighted by molar-refractivity contribution is 6.48. The minimum absolute atomic E-state index is 0.0438. The van der Waals surface area contributed by atoms with Crippen molar-refractivity contribution in [2.24, 2.45) is 7.05 Å². The number of carbonyl (C=O) groups excluding carboxylic acids is 1. The number of fused-ring (bicyclic) bond motifs is 2. The molecule has 7 nitrogen and oxygen atoms in total. The molecule has 0 spiro atoms. The van der Waals surface area contributed by atoms with Crippen LogP contribution in [0.4, 0.5) is 5.69 Å². The largest absolute Gasteiger partial charge is 0.496 e. The Balaban J connectivity index is 1.51. The van der Waals surface area contributed by atoms with Gasteiger partial charge in [0, 0.05) is 48.0 Å². The van der Waals surface area contributed by atoms with Crippen molar-refractivity contribution >= 4 is 40.5 Å². The number of amides is 1. The van der Waals surface area contributed by atoms with Crippen molar-refractivity contribution in [3.8, 4) is 5.75 Å². The summed E-state index contributed by atoms with van der Waals surface area (Å²) in [4.78, 5) is 18.3. The molecule has 204 valence electrons. The molecule has 3 heterocycles. The number of rotatable bonds is 8. The summed E-state index contributed by atoms with van der Waals surface area (Å²) in [6, 6.07) is 15.9. The Kier molecular flexibility index (Phi) is 7.20. The molecule has 2 aromatic heterocycles. The van der Waals surface area contributed by atoms with E-state index in [1.54, 1.807) is 13.3 Å². The first kappa shape index (κ1) is 27.2. The number of hydrogen-bond donors (Lipinski definition) is 1. The Hall–Kier alpha value is -3.36. The smallest absolute Gasteiger partial charge is 0.462 e. The van der Waals surface area contributed by atoms with E-state index in [-0.39, 0.29) is 24.1 Å². The van der Waals surface area contributed by atoms with Gasteiger partial charge in [0.25, 0.3) is 0 Å². The fraction of sp³-hybridized carbons (Fsp3) is 0.419. The summed E-state index contributed by atoms with van der Waals surface area (Å²) >= 11 is 0. The molecule has 1 aliphatic rings. The summed E-state index contributed by atoms with van der Waals surface area (Å²) in [5.74, 6) is 0.445. The molecule has 1 amide bonds. The first-order chi connectivity index (χ1) is 18.6. The van der Waals surface area contributed by atoms with Crippen LogP contribution in [0.2, 0.25) is 5.82 Å². The fourth-order valence-electron chi connectivity index (χ4n) is 5.75. The molecule has 4 aromatic rings. The van der Waals surface area contributed by atoms with Gasteiger partial charge in [-0.1, -0.05) is 25.1 Å². The second-order valence-electron chi connectivity index (χ2n) is 11.5. The van der Waals surface area contributed by atoms with Crippen LogP contribution in [0.25, 0.3) is 21.8 Å². The Morgan fingerprint density at radius 1 is 1.05 bits per heavy atom. The van der Waals surface area contributed by atoms with Crippen molar-refractivity contribution < 1.29 is 18.8 Å². The SMILES string of the molecule is CC[C@@H](c1cn(C)c2ccccc12)[C@@H](CC(=O)Nc1ccc(OC)c2cccnc12)B1OC(C)(C)C(C)(C)O1. The van der Waals surface area contributed by atoms with Gasteiger partial charge in [-0.3, -0.25) is 9.78 Å². The predicted octanol–water partition coefficient (Wildman–Crippen LogP) is 6.72. The third kappa shape index (κ3) is 4.92. The summed E-state index contributed by atoms with van der Waals surface area (Å²) in [7, 11) is 3.17. The Morgan fingerprint density at radius 3 is 2.44 bits per heavy atom. The van der Waals surface area contributed by atoms with E-state index < -0.39 is 18.3 Å². The Bertz CT molecular complexity index is 1500. The number of aromatic nitrogens is 2. The third-order valence-electron chi connectivity index (χ3n) is 8.55. The van der Waals surface area contributed by atoms with E-state index in [2.05, 4.69) is 87.0 Å². The fourth-order valence-corrected chi connectivity index (χ4v) is 5.75. The molecule has 1 fully saturated rings. The number of anilines is 1. The van der Waals surface area contributed by atoms with Crippen LogP contribution in [0.1, 0.15) is 58.9 Å². The van der Waals surface area contributed by atoms with E-state index in [4.69, 9.17) is 14.0 Å². The average molecular weight is 527 g/mol. The molecule has 1 N–H and O–H groups in total. The normalized spacial score (nSPS) is 17.9. The van der Waals surface area contributed by atoms with Gasteiger partial charge in [-0.05, 0) is 75.9 Å². The lowest BCUT2D eigenvalue weighted by atomic mass is 9.60. The second-order valence-corrected chi connectivity index (χ2v) is 11.5. The van der Waals surface area contributed by atoms with Crippen LogP contribution in [-0.4, -0.2) is 40.9 Å². The average Bonchev–Trinajstić information content (AvgIpc) is 3.35. The number of carbonyl (C=O) groups is 1. The van der Waals surface area contributed by atoms with Crippen LogP contribution in [0.3, 0.4) is 0 Å². The van der Waals surface area contributed by atoms with Gasteiger partial charge in [0.05, 0.1) is 29.5 Å². The number of ether oxygens (including phenoxy) is 1. The molecule has 1 saturated heterocycles. The van der Waals surface area contributed by atoms with Gasteiger partial charge in [0.15, 0.2) is 0 Å². The molecule has 8 heteroatoms. The molecule has 0 aliphatic carbocycles. The molecule has 5 rings (SSSR count). The minimum atomic E-state index is -0.532. The lowest BCUT2D eigenvalue weighted by Crippen LogP contribution is -2.41. The number of methoxy groups -OCH3 is 1. The Morgan fingerprint density at radius 2 is 1.74 bits per heavy atom. The molecule has 1 aliphatic heterocycles. The topological polar surface area (TPSA) is 74.6 Å². The lowest BCUT2D eigenvalue weighted by molar-refractivity contribution is -0.116. The zero-order chi connectivity index (χ0) is 27.9. The molecule has 39 heavy (non-hydrogen) atoms. The highest BCUT2D eigenvalue weighted by Crippen LogP contribution is 2.48. The maximum atomic E-state index is 13.7. The summed E-state index contributed by atoms with van der Waals surface area (Å²) in [6.45, 7) is 10.4. The quantitative estimate of drug-likeness (QED) is 0.258.